The van der Waals surface area contributed by atoms with E-state index >= 15 is 0 Å². The fraction of sp³-hybridized carbons (Fsp3) is 0.350. The Kier molecular flexibility index (Phi) is 4.00. The zero-order valence-corrected chi connectivity index (χ0v) is 15.2. The Bertz CT molecular complexity index is 971. The highest BCUT2D eigenvalue weighted by Crippen LogP contribution is 2.33. The van der Waals surface area contributed by atoms with Crippen LogP contribution in [0.25, 0.3) is 22.0 Å². The molecular formula is C20H22N4O2. The number of fused-ring (bicyclic) bond motifs is 1. The van der Waals surface area contributed by atoms with Gasteiger partial charge in [-0.25, -0.2) is 0 Å². The molecule has 1 fully saturated rings. The van der Waals surface area contributed by atoms with Gasteiger partial charge in [-0.3, -0.25) is 4.98 Å². The fourth-order valence-electron chi connectivity index (χ4n) is 3.54. The Hall–Kier alpha value is -2.73. The zero-order chi connectivity index (χ0) is 18.3. The Morgan fingerprint density at radius 1 is 1.19 bits per heavy atom. The standard InChI is InChI=1S/C20H22N4O2/c1-12-8-14(25)4-5-15(12)18-16-6-7-21-10-17(16)19(24-23-18)22-13-9-20(2,3)26-11-13/h4-8,10,13,25H,9,11H2,1-3H3,(H,22,24). The number of phenols is 1. The SMILES string of the molecule is Cc1cc(O)ccc1-c1nnc(NC2COC(C)(C)C2)c2cnccc12. The summed E-state index contributed by atoms with van der Waals surface area (Å²) in [5.74, 6) is 0.965. The maximum absolute atomic E-state index is 9.68. The highest BCUT2D eigenvalue weighted by molar-refractivity contribution is 6.00. The number of rotatable bonds is 3. The number of benzene rings is 1. The number of aromatic nitrogens is 3. The third-order valence-corrected chi connectivity index (χ3v) is 4.80. The summed E-state index contributed by atoms with van der Waals surface area (Å²) >= 11 is 0. The summed E-state index contributed by atoms with van der Waals surface area (Å²) in [5, 5.41) is 24.0. The van der Waals surface area contributed by atoms with Crippen molar-refractivity contribution in [3.8, 4) is 17.0 Å². The molecule has 1 aliphatic rings. The molecule has 26 heavy (non-hydrogen) atoms. The van der Waals surface area contributed by atoms with Crippen LogP contribution in [0.3, 0.4) is 0 Å². The molecular weight excluding hydrogens is 328 g/mol. The summed E-state index contributed by atoms with van der Waals surface area (Å²) in [5.41, 5.74) is 2.56. The third kappa shape index (κ3) is 3.08. The molecule has 3 aromatic rings. The average Bonchev–Trinajstić information content (AvgIpc) is 2.94. The largest absolute Gasteiger partial charge is 0.508 e. The second kappa shape index (κ2) is 6.21. The topological polar surface area (TPSA) is 80.2 Å². The summed E-state index contributed by atoms with van der Waals surface area (Å²) in [6.07, 6.45) is 4.48. The molecule has 0 bridgehead atoms. The van der Waals surface area contributed by atoms with E-state index in [1.165, 1.54) is 0 Å². The van der Waals surface area contributed by atoms with E-state index in [1.807, 2.05) is 25.3 Å². The smallest absolute Gasteiger partial charge is 0.158 e. The summed E-state index contributed by atoms with van der Waals surface area (Å²) in [6.45, 7) is 6.79. The number of hydrogen-bond acceptors (Lipinski definition) is 6. The van der Waals surface area contributed by atoms with Gasteiger partial charge in [-0.2, -0.15) is 0 Å². The van der Waals surface area contributed by atoms with Gasteiger partial charge in [0.1, 0.15) is 11.4 Å². The molecule has 4 rings (SSSR count). The summed E-state index contributed by atoms with van der Waals surface area (Å²) < 4.78 is 5.81. The first kappa shape index (κ1) is 16.7. The molecule has 3 heterocycles. The van der Waals surface area contributed by atoms with E-state index < -0.39 is 0 Å². The molecule has 134 valence electrons. The fourth-order valence-corrected chi connectivity index (χ4v) is 3.54. The minimum absolute atomic E-state index is 0.123. The second-order valence-electron chi connectivity index (χ2n) is 7.43. The zero-order valence-electron chi connectivity index (χ0n) is 15.2. The molecule has 2 N–H and O–H groups in total. The number of anilines is 1. The van der Waals surface area contributed by atoms with E-state index in [-0.39, 0.29) is 17.4 Å². The second-order valence-corrected chi connectivity index (χ2v) is 7.43. The number of nitrogens with zero attached hydrogens (tertiary/aromatic N) is 3. The molecule has 1 atom stereocenters. The van der Waals surface area contributed by atoms with Crippen LogP contribution < -0.4 is 5.32 Å². The van der Waals surface area contributed by atoms with E-state index in [0.29, 0.717) is 6.61 Å². The third-order valence-electron chi connectivity index (χ3n) is 4.80. The van der Waals surface area contributed by atoms with Crippen LogP contribution in [0.2, 0.25) is 0 Å². The molecule has 6 nitrogen and oxygen atoms in total. The molecule has 0 amide bonds. The van der Waals surface area contributed by atoms with Gasteiger partial charge in [0.25, 0.3) is 0 Å². The lowest BCUT2D eigenvalue weighted by atomic mass is 10.0. The van der Waals surface area contributed by atoms with Crippen molar-refractivity contribution in [3.05, 3.63) is 42.2 Å². The van der Waals surface area contributed by atoms with Crippen molar-refractivity contribution in [2.45, 2.75) is 38.8 Å². The maximum Gasteiger partial charge on any atom is 0.158 e. The van der Waals surface area contributed by atoms with Crippen molar-refractivity contribution in [3.63, 3.8) is 0 Å². The van der Waals surface area contributed by atoms with Crippen molar-refractivity contribution in [1.29, 1.82) is 0 Å². The summed E-state index contributed by atoms with van der Waals surface area (Å²) in [7, 11) is 0. The molecule has 1 aromatic carbocycles. The Morgan fingerprint density at radius 3 is 2.77 bits per heavy atom. The highest BCUT2D eigenvalue weighted by Gasteiger charge is 2.32. The van der Waals surface area contributed by atoms with Gasteiger partial charge in [0.15, 0.2) is 5.82 Å². The van der Waals surface area contributed by atoms with E-state index in [4.69, 9.17) is 4.74 Å². The molecule has 1 aliphatic heterocycles. The number of phenolic OH excluding ortho intramolecular Hbond substituents is 1. The minimum Gasteiger partial charge on any atom is -0.508 e. The van der Waals surface area contributed by atoms with Crippen LogP contribution >= 0.6 is 0 Å². The Balaban J connectivity index is 1.76. The van der Waals surface area contributed by atoms with Gasteiger partial charge in [-0.1, -0.05) is 0 Å². The van der Waals surface area contributed by atoms with Gasteiger partial charge in [0, 0.05) is 28.7 Å². The van der Waals surface area contributed by atoms with Crippen LogP contribution in [-0.4, -0.2) is 38.5 Å². The average molecular weight is 350 g/mol. The molecule has 6 heteroatoms. The van der Waals surface area contributed by atoms with Crippen molar-refractivity contribution < 1.29 is 9.84 Å². The molecule has 0 aliphatic carbocycles. The van der Waals surface area contributed by atoms with E-state index in [0.717, 1.165) is 39.8 Å². The van der Waals surface area contributed by atoms with Gasteiger partial charge in [0.2, 0.25) is 0 Å². The van der Waals surface area contributed by atoms with Gasteiger partial charge < -0.3 is 15.2 Å². The van der Waals surface area contributed by atoms with Crippen LogP contribution in [0.5, 0.6) is 5.75 Å². The van der Waals surface area contributed by atoms with Crippen molar-refractivity contribution in [2.24, 2.45) is 0 Å². The molecule has 2 aromatic heterocycles. The van der Waals surface area contributed by atoms with Crippen LogP contribution in [0.4, 0.5) is 5.82 Å². The van der Waals surface area contributed by atoms with Crippen molar-refractivity contribution in [1.82, 2.24) is 15.2 Å². The Morgan fingerprint density at radius 2 is 2.04 bits per heavy atom. The molecule has 0 saturated carbocycles. The lowest BCUT2D eigenvalue weighted by Crippen LogP contribution is -2.23. The van der Waals surface area contributed by atoms with Gasteiger partial charge in [-0.05, 0) is 57.0 Å². The number of aromatic hydroxyl groups is 1. The monoisotopic (exact) mass is 350 g/mol. The lowest BCUT2D eigenvalue weighted by molar-refractivity contribution is 0.0363. The van der Waals surface area contributed by atoms with Crippen molar-refractivity contribution in [2.75, 3.05) is 11.9 Å². The predicted octanol–water partition coefficient (Wildman–Crippen LogP) is 3.69. The molecule has 1 saturated heterocycles. The van der Waals surface area contributed by atoms with Crippen LogP contribution in [0.15, 0.2) is 36.7 Å². The predicted molar refractivity (Wildman–Crippen MR) is 101 cm³/mol. The molecule has 0 radical (unpaired) electrons. The number of aryl methyl sites for hydroxylation is 1. The van der Waals surface area contributed by atoms with E-state index in [9.17, 15) is 5.11 Å². The minimum atomic E-state index is -0.123. The van der Waals surface area contributed by atoms with E-state index in [2.05, 4.69) is 34.3 Å². The molecule has 1 unspecified atom stereocenters. The van der Waals surface area contributed by atoms with Gasteiger partial charge >= 0.3 is 0 Å². The van der Waals surface area contributed by atoms with Crippen molar-refractivity contribution >= 4 is 16.6 Å². The lowest BCUT2D eigenvalue weighted by Gasteiger charge is -2.17. The Labute approximate surface area is 152 Å². The first-order valence-electron chi connectivity index (χ1n) is 8.74. The highest BCUT2D eigenvalue weighted by atomic mass is 16.5. The number of pyridine rings is 1. The van der Waals surface area contributed by atoms with Crippen LogP contribution in [0.1, 0.15) is 25.8 Å². The van der Waals surface area contributed by atoms with E-state index in [1.54, 1.807) is 18.3 Å². The first-order chi connectivity index (χ1) is 12.4. The quantitative estimate of drug-likeness (QED) is 0.750. The molecule has 0 spiro atoms. The normalized spacial score (nSPS) is 19.0. The first-order valence-corrected chi connectivity index (χ1v) is 8.74. The van der Waals surface area contributed by atoms with Gasteiger partial charge in [-0.15, -0.1) is 10.2 Å². The number of ether oxygens (including phenoxy) is 1. The summed E-state index contributed by atoms with van der Waals surface area (Å²) in [6, 6.07) is 7.42. The number of hydrogen-bond donors (Lipinski definition) is 2. The van der Waals surface area contributed by atoms with Crippen LogP contribution in [-0.2, 0) is 4.74 Å². The number of nitrogens with one attached hydrogen (secondary N) is 1. The maximum atomic E-state index is 9.68. The summed E-state index contributed by atoms with van der Waals surface area (Å²) in [4.78, 5) is 4.27. The van der Waals surface area contributed by atoms with Crippen LogP contribution in [0, 0.1) is 6.92 Å². The van der Waals surface area contributed by atoms with Gasteiger partial charge in [0.05, 0.1) is 18.2 Å².